The largest absolute Gasteiger partial charge is 0.341 e. The lowest BCUT2D eigenvalue weighted by Crippen LogP contribution is -2.36. The number of hydrogen-bond donors (Lipinski definition) is 0. The molecule has 1 aromatic carbocycles. The van der Waals surface area contributed by atoms with Crippen LogP contribution in [-0.4, -0.2) is 46.9 Å². The van der Waals surface area contributed by atoms with Gasteiger partial charge in [0.25, 0.3) is 0 Å². The van der Waals surface area contributed by atoms with Crippen molar-refractivity contribution in [2.75, 3.05) is 26.2 Å². The number of benzene rings is 1. The number of aryl methyl sites for hydroxylation is 2. The van der Waals surface area contributed by atoms with Crippen LogP contribution in [0.1, 0.15) is 28.8 Å². The third-order valence-electron chi connectivity index (χ3n) is 4.66. The molecule has 0 atom stereocenters. The van der Waals surface area contributed by atoms with Crippen molar-refractivity contribution in [2.24, 2.45) is 0 Å². The molecule has 0 radical (unpaired) electrons. The van der Waals surface area contributed by atoms with Gasteiger partial charge in [-0.15, -0.1) is 11.3 Å². The average molecular weight is 343 g/mol. The van der Waals surface area contributed by atoms with Gasteiger partial charge >= 0.3 is 0 Å². The van der Waals surface area contributed by atoms with Gasteiger partial charge < -0.3 is 4.90 Å². The van der Waals surface area contributed by atoms with Gasteiger partial charge in [0.05, 0.1) is 17.6 Å². The molecule has 1 amide bonds. The number of carbonyl (C=O) groups excluding carboxylic acids is 1. The smallest absolute Gasteiger partial charge is 0.227 e. The Morgan fingerprint density at radius 2 is 2.08 bits per heavy atom. The summed E-state index contributed by atoms with van der Waals surface area (Å²) in [5, 5.41) is 2.11. The summed E-state index contributed by atoms with van der Waals surface area (Å²) >= 11 is 1.64. The first-order valence-corrected chi connectivity index (χ1v) is 9.49. The van der Waals surface area contributed by atoms with E-state index in [-0.39, 0.29) is 5.91 Å². The van der Waals surface area contributed by atoms with Gasteiger partial charge in [0, 0.05) is 38.1 Å². The van der Waals surface area contributed by atoms with Crippen LogP contribution in [0, 0.1) is 13.8 Å². The quantitative estimate of drug-likeness (QED) is 0.856. The lowest BCUT2D eigenvalue weighted by atomic mass is 10.0. The Labute approximate surface area is 148 Å². The highest BCUT2D eigenvalue weighted by atomic mass is 32.1. The number of thiazole rings is 1. The first-order valence-electron chi connectivity index (χ1n) is 8.55. The monoisotopic (exact) mass is 343 g/mol. The summed E-state index contributed by atoms with van der Waals surface area (Å²) in [6.07, 6.45) is 1.54. The molecule has 1 aliphatic rings. The second-order valence-electron chi connectivity index (χ2n) is 6.60. The van der Waals surface area contributed by atoms with E-state index in [1.165, 1.54) is 11.1 Å². The molecule has 1 aromatic heterocycles. The van der Waals surface area contributed by atoms with Crippen LogP contribution in [0.25, 0.3) is 0 Å². The normalized spacial score (nSPS) is 16.2. The third-order valence-corrected chi connectivity index (χ3v) is 5.29. The van der Waals surface area contributed by atoms with Crippen molar-refractivity contribution in [3.05, 3.63) is 51.5 Å². The Kier molecular flexibility index (Phi) is 5.63. The SMILES string of the molecule is Cc1ccc(C)c(CC(=O)N2CCCN(Cc3cscn3)CC2)c1. The zero-order valence-corrected chi connectivity index (χ0v) is 15.3. The molecule has 1 saturated heterocycles. The van der Waals surface area contributed by atoms with E-state index in [0.29, 0.717) is 6.42 Å². The van der Waals surface area contributed by atoms with Gasteiger partial charge in [-0.2, -0.15) is 0 Å². The van der Waals surface area contributed by atoms with Crippen LogP contribution in [0.5, 0.6) is 0 Å². The van der Waals surface area contributed by atoms with Crippen LogP contribution in [-0.2, 0) is 17.8 Å². The minimum atomic E-state index is 0.249. The van der Waals surface area contributed by atoms with Gasteiger partial charge in [-0.1, -0.05) is 23.8 Å². The van der Waals surface area contributed by atoms with Crippen LogP contribution in [0.2, 0.25) is 0 Å². The standard InChI is InChI=1S/C19H25N3OS/c1-15-4-5-16(2)17(10-15)11-19(23)22-7-3-6-21(8-9-22)12-18-13-24-14-20-18/h4-5,10,13-14H,3,6-9,11-12H2,1-2H3. The van der Waals surface area contributed by atoms with Crippen LogP contribution in [0.15, 0.2) is 29.1 Å². The fourth-order valence-corrected chi connectivity index (χ4v) is 3.74. The first-order chi connectivity index (χ1) is 11.6. The summed E-state index contributed by atoms with van der Waals surface area (Å²) in [5.74, 6) is 0.249. The highest BCUT2D eigenvalue weighted by molar-refractivity contribution is 7.07. The van der Waals surface area contributed by atoms with Gasteiger partial charge in [0.15, 0.2) is 0 Å². The molecule has 0 bridgehead atoms. The lowest BCUT2D eigenvalue weighted by Gasteiger charge is -2.22. The van der Waals surface area contributed by atoms with Crippen molar-refractivity contribution in [3.8, 4) is 0 Å². The predicted molar refractivity (Wildman–Crippen MR) is 98.2 cm³/mol. The number of rotatable bonds is 4. The van der Waals surface area contributed by atoms with E-state index in [9.17, 15) is 4.79 Å². The summed E-state index contributed by atoms with van der Waals surface area (Å²) in [5.41, 5.74) is 6.59. The number of amides is 1. The van der Waals surface area contributed by atoms with Crippen molar-refractivity contribution < 1.29 is 4.79 Å². The molecule has 0 aliphatic carbocycles. The Hall–Kier alpha value is -1.72. The van der Waals surface area contributed by atoms with Crippen LogP contribution < -0.4 is 0 Å². The lowest BCUT2D eigenvalue weighted by molar-refractivity contribution is -0.130. The second kappa shape index (κ2) is 7.90. The molecule has 0 saturated carbocycles. The van der Waals surface area contributed by atoms with Gasteiger partial charge in [-0.05, 0) is 31.4 Å². The maximum Gasteiger partial charge on any atom is 0.227 e. The Balaban J connectivity index is 1.57. The van der Waals surface area contributed by atoms with E-state index >= 15 is 0 Å². The molecule has 0 unspecified atom stereocenters. The fourth-order valence-electron chi connectivity index (χ4n) is 3.19. The summed E-state index contributed by atoms with van der Waals surface area (Å²) in [6.45, 7) is 8.68. The predicted octanol–water partition coefficient (Wildman–Crippen LogP) is 3.04. The fraction of sp³-hybridized carbons (Fsp3) is 0.474. The van der Waals surface area contributed by atoms with Crippen LogP contribution in [0.4, 0.5) is 0 Å². The van der Waals surface area contributed by atoms with Gasteiger partial charge in [0.2, 0.25) is 5.91 Å². The molecular weight excluding hydrogens is 318 g/mol. The second-order valence-corrected chi connectivity index (χ2v) is 7.32. The molecule has 1 fully saturated rings. The molecular formula is C19H25N3OS. The van der Waals surface area contributed by atoms with E-state index in [4.69, 9.17) is 0 Å². The Morgan fingerprint density at radius 1 is 1.21 bits per heavy atom. The summed E-state index contributed by atoms with van der Waals surface area (Å²) < 4.78 is 0. The maximum atomic E-state index is 12.7. The van der Waals surface area contributed by atoms with Gasteiger partial charge in [-0.25, -0.2) is 4.98 Å². The molecule has 1 aliphatic heterocycles. The number of carbonyl (C=O) groups is 1. The molecule has 2 heterocycles. The molecule has 0 N–H and O–H groups in total. The number of aromatic nitrogens is 1. The van der Waals surface area contributed by atoms with E-state index in [0.717, 1.165) is 50.4 Å². The molecule has 24 heavy (non-hydrogen) atoms. The topological polar surface area (TPSA) is 36.4 Å². The van der Waals surface area contributed by atoms with E-state index in [1.54, 1.807) is 11.3 Å². The highest BCUT2D eigenvalue weighted by Gasteiger charge is 2.20. The van der Waals surface area contributed by atoms with E-state index in [1.807, 2.05) is 10.4 Å². The molecule has 5 heteroatoms. The maximum absolute atomic E-state index is 12.7. The summed E-state index contributed by atoms with van der Waals surface area (Å²) in [7, 11) is 0. The summed E-state index contributed by atoms with van der Waals surface area (Å²) in [6, 6.07) is 6.35. The molecule has 3 rings (SSSR count). The van der Waals surface area contributed by atoms with Gasteiger partial charge in [-0.3, -0.25) is 9.69 Å². The molecule has 0 spiro atoms. The van der Waals surface area contributed by atoms with Crippen molar-refractivity contribution >= 4 is 17.2 Å². The van der Waals surface area contributed by atoms with Crippen LogP contribution in [0.3, 0.4) is 0 Å². The first kappa shape index (κ1) is 17.1. The van der Waals surface area contributed by atoms with Crippen molar-refractivity contribution in [1.82, 2.24) is 14.8 Å². The number of hydrogen-bond acceptors (Lipinski definition) is 4. The van der Waals surface area contributed by atoms with E-state index in [2.05, 4.69) is 47.3 Å². The average Bonchev–Trinajstić information content (AvgIpc) is 2.95. The molecule has 4 nitrogen and oxygen atoms in total. The Bertz CT molecular complexity index is 684. The zero-order chi connectivity index (χ0) is 16.9. The van der Waals surface area contributed by atoms with Gasteiger partial charge in [0.1, 0.15) is 0 Å². The molecule has 128 valence electrons. The van der Waals surface area contributed by atoms with Crippen LogP contribution >= 0.6 is 11.3 Å². The third kappa shape index (κ3) is 4.42. The van der Waals surface area contributed by atoms with E-state index < -0.39 is 0 Å². The van der Waals surface area contributed by atoms with Crippen molar-refractivity contribution in [3.63, 3.8) is 0 Å². The highest BCUT2D eigenvalue weighted by Crippen LogP contribution is 2.14. The minimum Gasteiger partial charge on any atom is -0.341 e. The Morgan fingerprint density at radius 3 is 2.88 bits per heavy atom. The molecule has 2 aromatic rings. The van der Waals surface area contributed by atoms with Crippen molar-refractivity contribution in [2.45, 2.75) is 33.2 Å². The number of nitrogens with zero attached hydrogens (tertiary/aromatic N) is 3. The minimum absolute atomic E-state index is 0.249. The summed E-state index contributed by atoms with van der Waals surface area (Å²) in [4.78, 5) is 21.5. The van der Waals surface area contributed by atoms with Crippen molar-refractivity contribution in [1.29, 1.82) is 0 Å². The zero-order valence-electron chi connectivity index (χ0n) is 14.5.